The van der Waals surface area contributed by atoms with Crippen LogP contribution in [0.25, 0.3) is 11.1 Å². The third-order valence-corrected chi connectivity index (χ3v) is 12.0. The average Bonchev–Trinajstić information content (AvgIpc) is 3.54. The molecule has 1 aromatic heterocycles. The number of Topliss-reactive ketones (excluding diaryl/α,β-unsaturated/α-hetero) is 1. The van der Waals surface area contributed by atoms with E-state index >= 15 is 0 Å². The fourth-order valence-corrected chi connectivity index (χ4v) is 8.88. The van der Waals surface area contributed by atoms with E-state index in [-0.39, 0.29) is 56.5 Å². The Morgan fingerprint density at radius 1 is 1.10 bits per heavy atom. The van der Waals surface area contributed by atoms with Crippen molar-refractivity contribution >= 4 is 46.2 Å². The number of hydrogen-bond donors (Lipinski definition) is 3. The van der Waals surface area contributed by atoms with Crippen LogP contribution in [0.1, 0.15) is 87.1 Å². The normalized spacial score (nSPS) is 38.2. The molecule has 3 fully saturated rings. The van der Waals surface area contributed by atoms with Crippen LogP contribution in [0, 0.1) is 23.7 Å². The maximum Gasteiger partial charge on any atom is 0.316 e. The summed E-state index contributed by atoms with van der Waals surface area (Å²) in [5, 5.41) is 28.5. The van der Waals surface area contributed by atoms with Crippen molar-refractivity contribution in [3.8, 4) is 0 Å². The number of nitrogens with two attached hydrogens (primary N) is 1. The number of likely N-dealkylation sites (N-methyl/N-ethyl adjacent to an activating group) is 1. The van der Waals surface area contributed by atoms with E-state index in [9.17, 15) is 24.6 Å². The van der Waals surface area contributed by atoms with Crippen molar-refractivity contribution in [2.75, 3.05) is 33.0 Å². The van der Waals surface area contributed by atoms with Gasteiger partial charge in [0.2, 0.25) is 5.91 Å². The number of aliphatic imine (C=N–C) groups is 1. The first-order valence-corrected chi connectivity index (χ1v) is 20.5. The molecule has 4 heterocycles. The van der Waals surface area contributed by atoms with Crippen LogP contribution in [0.3, 0.4) is 0 Å². The second-order valence-electron chi connectivity index (χ2n) is 17.2. The number of carbonyl (C=O) groups excluding carboxylic acids is 3. The van der Waals surface area contributed by atoms with Crippen molar-refractivity contribution in [1.82, 2.24) is 9.88 Å². The SMILES string of the molecule is CC[C@H]1OC(=O)[C@H](C)C(=O)[C@H](C)[C@@H](O[C@@H]2O[C@H](C)C[C@H](N(C)C)[C@H]2O)[C@@]2(C)C[C@@H](C)/C(=N\C(C)=O)[C@H](C)[C@@H](OC/C(=N\OCc3ccc4oc(N)nc4c3)CO2)[C@]1(C)O. The predicted molar refractivity (Wildman–Crippen MR) is 217 cm³/mol. The highest BCUT2D eigenvalue weighted by Crippen LogP contribution is 2.40. The molecular weight excluding hydrogens is 766 g/mol. The maximum atomic E-state index is 14.5. The first-order valence-electron chi connectivity index (χ1n) is 20.5. The van der Waals surface area contributed by atoms with Crippen molar-refractivity contribution in [3.05, 3.63) is 23.8 Å². The number of cyclic esters (lactones) is 1. The minimum atomic E-state index is -1.86. The number of aliphatic hydroxyl groups excluding tert-OH is 1. The summed E-state index contributed by atoms with van der Waals surface area (Å²) < 4.78 is 37.8. The Morgan fingerprint density at radius 3 is 2.47 bits per heavy atom. The van der Waals surface area contributed by atoms with Gasteiger partial charge in [-0.05, 0) is 84.7 Å². The first-order chi connectivity index (χ1) is 27.7. The lowest BCUT2D eigenvalue weighted by Gasteiger charge is -2.47. The Bertz CT molecular complexity index is 1880. The molecule has 2 aromatic rings. The number of amides is 1. The topological polar surface area (TPSA) is 227 Å². The summed E-state index contributed by atoms with van der Waals surface area (Å²) in [5.74, 6) is -5.38. The molecule has 13 atom stereocenters. The molecule has 1 aromatic carbocycles. The molecule has 3 aliphatic heterocycles. The van der Waals surface area contributed by atoms with Gasteiger partial charge in [-0.3, -0.25) is 14.4 Å². The van der Waals surface area contributed by atoms with Crippen molar-refractivity contribution in [2.24, 2.45) is 33.8 Å². The van der Waals surface area contributed by atoms with E-state index < -0.39 is 83.2 Å². The highest BCUT2D eigenvalue weighted by Gasteiger charge is 2.53. The van der Waals surface area contributed by atoms with Gasteiger partial charge in [0.1, 0.15) is 41.6 Å². The largest absolute Gasteiger partial charge is 0.459 e. The summed E-state index contributed by atoms with van der Waals surface area (Å²) in [6.45, 7) is 14.7. The van der Waals surface area contributed by atoms with Crippen LogP contribution in [0.2, 0.25) is 0 Å². The first kappa shape index (κ1) is 46.2. The average molecular weight is 830 g/mol. The number of ketones is 1. The third kappa shape index (κ3) is 10.4. The van der Waals surface area contributed by atoms with Gasteiger partial charge in [-0.25, -0.2) is 4.99 Å². The Labute approximate surface area is 345 Å². The molecule has 17 heteroatoms. The molecule has 3 saturated heterocycles. The molecule has 1 amide bonds. The molecule has 3 aliphatic rings. The summed E-state index contributed by atoms with van der Waals surface area (Å²) in [6.07, 6.45) is -5.20. The lowest BCUT2D eigenvalue weighted by atomic mass is 9.73. The number of fused-ring (bicyclic) bond motifs is 6. The quantitative estimate of drug-likeness (QED) is 0.205. The molecule has 0 saturated carbocycles. The molecule has 4 N–H and O–H groups in total. The van der Waals surface area contributed by atoms with Crippen LogP contribution < -0.4 is 5.73 Å². The van der Waals surface area contributed by atoms with Gasteiger partial charge >= 0.3 is 5.97 Å². The second kappa shape index (κ2) is 18.8. The number of carbonyl (C=O) groups is 3. The molecule has 0 aliphatic carbocycles. The number of oxime groups is 1. The molecule has 5 rings (SSSR count). The minimum Gasteiger partial charge on any atom is -0.459 e. The number of oxazole rings is 1. The monoisotopic (exact) mass is 829 g/mol. The second-order valence-corrected chi connectivity index (χ2v) is 17.2. The van der Waals surface area contributed by atoms with E-state index in [1.807, 2.05) is 32.8 Å². The zero-order chi connectivity index (χ0) is 43.6. The number of anilines is 1. The summed E-state index contributed by atoms with van der Waals surface area (Å²) in [6, 6.07) is 4.99. The number of benzene rings is 1. The van der Waals surface area contributed by atoms with Crippen LogP contribution in [-0.2, 0) is 49.5 Å². The van der Waals surface area contributed by atoms with Gasteiger partial charge in [-0.15, -0.1) is 0 Å². The number of nitrogens with zero attached hydrogens (tertiary/aromatic N) is 4. The number of nitrogen functional groups attached to an aromatic ring is 1. The summed E-state index contributed by atoms with van der Waals surface area (Å²) >= 11 is 0. The Morgan fingerprint density at radius 2 is 1.81 bits per heavy atom. The number of ether oxygens (including phenoxy) is 5. The number of hydrogen-bond acceptors (Lipinski definition) is 16. The summed E-state index contributed by atoms with van der Waals surface area (Å²) in [5.41, 5.74) is 4.93. The van der Waals surface area contributed by atoms with E-state index in [2.05, 4.69) is 15.1 Å². The van der Waals surface area contributed by atoms with Gasteiger partial charge in [0.05, 0.1) is 37.1 Å². The van der Waals surface area contributed by atoms with E-state index in [1.54, 1.807) is 45.9 Å². The van der Waals surface area contributed by atoms with Gasteiger partial charge in [0, 0.05) is 30.5 Å². The van der Waals surface area contributed by atoms with Crippen LogP contribution in [0.4, 0.5) is 6.01 Å². The number of rotatable bonds is 7. The molecule has 0 spiro atoms. The van der Waals surface area contributed by atoms with E-state index in [4.69, 9.17) is 38.7 Å². The zero-order valence-electron chi connectivity index (χ0n) is 36.2. The zero-order valence-corrected chi connectivity index (χ0v) is 36.2. The highest BCUT2D eigenvalue weighted by atomic mass is 16.7. The summed E-state index contributed by atoms with van der Waals surface area (Å²) in [4.78, 5) is 57.6. The van der Waals surface area contributed by atoms with E-state index in [0.717, 1.165) is 5.56 Å². The highest BCUT2D eigenvalue weighted by molar-refractivity contribution is 6.00. The van der Waals surface area contributed by atoms with E-state index in [0.29, 0.717) is 23.2 Å². The van der Waals surface area contributed by atoms with Crippen LogP contribution >= 0.6 is 0 Å². The standard InChI is InChI=1S/C42H63N5O12/c1-12-32-42(9,52)37-23(4)33(44-26(7)48)21(2)17-41(8,54-20-28(19-53-37)46-55-18-27-13-14-31-29(16-27)45-40(43)57-31)36(24(5)34(49)25(6)38(51)58-32)59-39-35(50)30(47(10)11)15-22(3)56-39/h13-14,16,21-25,30,32,35-37,39,50,52H,12,15,17-20H2,1-11H3,(H2,43,45)/b44-33+,46-28+/t21-,22-,23+,24+,25-,30+,32-,35-,36-,37-,39+,41-,42-/m1/s1. The smallest absolute Gasteiger partial charge is 0.316 e. The van der Waals surface area contributed by atoms with Crippen molar-refractivity contribution in [2.45, 2.75) is 142 Å². The Hall–Kier alpha value is -3.84. The van der Waals surface area contributed by atoms with Crippen LogP contribution in [-0.4, -0.2) is 131 Å². The summed E-state index contributed by atoms with van der Waals surface area (Å²) in [7, 11) is 3.72. The van der Waals surface area contributed by atoms with Crippen molar-refractivity contribution in [1.29, 1.82) is 0 Å². The lowest BCUT2D eigenvalue weighted by Crippen LogP contribution is -2.60. The number of aliphatic hydroxyl groups is 2. The Balaban J connectivity index is 1.66. The number of aromatic nitrogens is 1. The van der Waals surface area contributed by atoms with Gasteiger partial charge in [-0.2, -0.15) is 4.98 Å². The van der Waals surface area contributed by atoms with Gasteiger partial charge < -0.3 is 53.8 Å². The van der Waals surface area contributed by atoms with Gasteiger partial charge in [0.25, 0.3) is 6.01 Å². The lowest BCUT2D eigenvalue weighted by molar-refractivity contribution is -0.296. The van der Waals surface area contributed by atoms with Gasteiger partial charge in [-0.1, -0.05) is 38.9 Å². The fourth-order valence-electron chi connectivity index (χ4n) is 8.88. The van der Waals surface area contributed by atoms with Crippen molar-refractivity contribution < 1.29 is 57.5 Å². The van der Waals surface area contributed by atoms with Crippen molar-refractivity contribution in [3.63, 3.8) is 0 Å². The van der Waals surface area contributed by atoms with E-state index in [1.165, 1.54) is 20.8 Å². The molecular formula is C42H63N5O12. The third-order valence-electron chi connectivity index (χ3n) is 12.0. The maximum absolute atomic E-state index is 14.5. The molecule has 2 bridgehead atoms. The van der Waals surface area contributed by atoms with Gasteiger partial charge in [0.15, 0.2) is 17.7 Å². The molecule has 0 radical (unpaired) electrons. The molecule has 0 unspecified atom stereocenters. The number of esters is 1. The Kier molecular flexibility index (Phi) is 14.8. The molecule has 328 valence electrons. The van der Waals surface area contributed by atoms with Crippen LogP contribution in [0.5, 0.6) is 0 Å². The minimum absolute atomic E-state index is 0.0264. The van der Waals surface area contributed by atoms with Crippen LogP contribution in [0.15, 0.2) is 32.8 Å². The molecule has 59 heavy (non-hydrogen) atoms. The fraction of sp³-hybridized carbons (Fsp3) is 0.714. The predicted octanol–water partition coefficient (Wildman–Crippen LogP) is 3.85. The molecule has 17 nitrogen and oxygen atoms in total.